The number of hydrogen-bond donors (Lipinski definition) is 2. The zero-order valence-electron chi connectivity index (χ0n) is 9.67. The van der Waals surface area contributed by atoms with E-state index >= 15 is 0 Å². The monoisotopic (exact) mass is 398 g/mol. The molecule has 1 aromatic rings. The van der Waals surface area contributed by atoms with Crippen LogP contribution in [0.15, 0.2) is 11.0 Å². The van der Waals surface area contributed by atoms with Gasteiger partial charge in [-0.05, 0) is 22.6 Å². The second-order valence-corrected chi connectivity index (χ2v) is 7.11. The molecule has 2 rings (SSSR count). The van der Waals surface area contributed by atoms with Crippen LogP contribution in [-0.4, -0.2) is 36.6 Å². The molecule has 19 heavy (non-hydrogen) atoms. The molecule has 10 heteroatoms. The number of anilines is 1. The summed E-state index contributed by atoms with van der Waals surface area (Å²) >= 11 is 1.83. The van der Waals surface area contributed by atoms with Crippen LogP contribution in [0.3, 0.4) is 0 Å². The summed E-state index contributed by atoms with van der Waals surface area (Å²) in [4.78, 5) is 31.0. The van der Waals surface area contributed by atoms with Crippen LogP contribution in [0.25, 0.3) is 0 Å². The molecule has 0 aliphatic carbocycles. The second-order valence-electron chi connectivity index (χ2n) is 4.29. The zero-order valence-corrected chi connectivity index (χ0v) is 12.6. The molecule has 1 saturated heterocycles. The van der Waals surface area contributed by atoms with Crippen LogP contribution >= 0.6 is 22.6 Å². The SMILES string of the molecule is NS(=O)(=O)CC1CC(=O)N(c2ncc(I)c(=O)[nH]2)C1. The first-order chi connectivity index (χ1) is 8.76. The lowest BCUT2D eigenvalue weighted by molar-refractivity contribution is -0.117. The molecule has 0 bridgehead atoms. The first kappa shape index (κ1) is 14.4. The van der Waals surface area contributed by atoms with Crippen LogP contribution in [0.5, 0.6) is 0 Å². The smallest absolute Gasteiger partial charge is 0.265 e. The predicted octanol–water partition coefficient (Wildman–Crippen LogP) is -0.984. The molecule has 0 radical (unpaired) electrons. The Kier molecular flexibility index (Phi) is 3.92. The molecule has 2 heterocycles. The lowest BCUT2D eigenvalue weighted by Crippen LogP contribution is -2.30. The fourth-order valence-corrected chi connectivity index (χ4v) is 3.09. The van der Waals surface area contributed by atoms with Crippen LogP contribution in [0.2, 0.25) is 0 Å². The van der Waals surface area contributed by atoms with Gasteiger partial charge in [-0.3, -0.25) is 19.5 Å². The molecule has 3 N–H and O–H groups in total. The molecule has 0 saturated carbocycles. The molecule has 1 unspecified atom stereocenters. The number of aromatic amines is 1. The van der Waals surface area contributed by atoms with E-state index in [-0.39, 0.29) is 42.1 Å². The van der Waals surface area contributed by atoms with Gasteiger partial charge in [0.25, 0.3) is 5.56 Å². The molecule has 0 aromatic carbocycles. The summed E-state index contributed by atoms with van der Waals surface area (Å²) in [6, 6.07) is 0. The highest BCUT2D eigenvalue weighted by Crippen LogP contribution is 2.22. The van der Waals surface area contributed by atoms with Crippen molar-refractivity contribution in [2.45, 2.75) is 6.42 Å². The number of primary sulfonamides is 1. The first-order valence-corrected chi connectivity index (χ1v) is 8.11. The van der Waals surface area contributed by atoms with Gasteiger partial charge in [-0.1, -0.05) is 0 Å². The quantitative estimate of drug-likeness (QED) is 0.633. The molecular weight excluding hydrogens is 387 g/mol. The molecule has 1 aliphatic heterocycles. The summed E-state index contributed by atoms with van der Waals surface area (Å²) < 4.78 is 22.4. The number of amides is 1. The number of rotatable bonds is 3. The Morgan fingerprint density at radius 2 is 2.21 bits per heavy atom. The number of nitrogens with zero attached hydrogens (tertiary/aromatic N) is 2. The third-order valence-electron chi connectivity index (χ3n) is 2.67. The fourth-order valence-electron chi connectivity index (χ4n) is 1.93. The van der Waals surface area contributed by atoms with Crippen molar-refractivity contribution in [3.63, 3.8) is 0 Å². The summed E-state index contributed by atoms with van der Waals surface area (Å²) in [7, 11) is -3.62. The van der Waals surface area contributed by atoms with Gasteiger partial charge in [0.05, 0.1) is 9.32 Å². The minimum Gasteiger partial charge on any atom is -0.291 e. The summed E-state index contributed by atoms with van der Waals surface area (Å²) in [5.41, 5.74) is -0.340. The third-order valence-corrected chi connectivity index (χ3v) is 4.38. The van der Waals surface area contributed by atoms with E-state index in [0.29, 0.717) is 3.57 Å². The van der Waals surface area contributed by atoms with Crippen LogP contribution in [-0.2, 0) is 14.8 Å². The van der Waals surface area contributed by atoms with Crippen molar-refractivity contribution < 1.29 is 13.2 Å². The Morgan fingerprint density at radius 3 is 2.79 bits per heavy atom. The van der Waals surface area contributed by atoms with Crippen molar-refractivity contribution in [2.24, 2.45) is 11.1 Å². The molecule has 8 nitrogen and oxygen atoms in total. The van der Waals surface area contributed by atoms with Crippen molar-refractivity contribution in [1.29, 1.82) is 0 Å². The normalized spacial score (nSPS) is 20.0. The molecule has 104 valence electrons. The maximum atomic E-state index is 11.8. The van der Waals surface area contributed by atoms with Gasteiger partial charge in [0.2, 0.25) is 21.9 Å². The summed E-state index contributed by atoms with van der Waals surface area (Å²) in [5, 5.41) is 4.96. The van der Waals surface area contributed by atoms with E-state index in [2.05, 4.69) is 9.97 Å². The summed E-state index contributed by atoms with van der Waals surface area (Å²) in [6.45, 7) is 0.179. The van der Waals surface area contributed by atoms with Gasteiger partial charge in [0.1, 0.15) is 0 Å². The number of carbonyl (C=O) groups excluding carboxylic acids is 1. The molecule has 1 fully saturated rings. The lowest BCUT2D eigenvalue weighted by Gasteiger charge is -2.14. The van der Waals surface area contributed by atoms with Gasteiger partial charge >= 0.3 is 0 Å². The van der Waals surface area contributed by atoms with Gasteiger partial charge in [-0.15, -0.1) is 0 Å². The Hall–Kier alpha value is -1.01. The third kappa shape index (κ3) is 3.51. The van der Waals surface area contributed by atoms with Crippen molar-refractivity contribution in [2.75, 3.05) is 17.2 Å². The number of aromatic nitrogens is 2. The van der Waals surface area contributed by atoms with E-state index in [0.717, 1.165) is 0 Å². The van der Waals surface area contributed by atoms with Gasteiger partial charge < -0.3 is 0 Å². The molecule has 0 spiro atoms. The van der Waals surface area contributed by atoms with Gasteiger partial charge in [-0.2, -0.15) is 0 Å². The van der Waals surface area contributed by atoms with E-state index in [1.165, 1.54) is 11.1 Å². The number of H-pyrrole nitrogens is 1. The van der Waals surface area contributed by atoms with E-state index in [1.807, 2.05) is 22.6 Å². The van der Waals surface area contributed by atoms with E-state index < -0.39 is 10.0 Å². The van der Waals surface area contributed by atoms with E-state index in [4.69, 9.17) is 5.14 Å². The zero-order chi connectivity index (χ0) is 14.2. The second kappa shape index (κ2) is 5.17. The Balaban J connectivity index is 2.20. The average molecular weight is 398 g/mol. The van der Waals surface area contributed by atoms with Crippen LogP contribution < -0.4 is 15.6 Å². The maximum absolute atomic E-state index is 11.8. The Morgan fingerprint density at radius 1 is 1.53 bits per heavy atom. The first-order valence-electron chi connectivity index (χ1n) is 5.32. The minimum atomic E-state index is -3.62. The van der Waals surface area contributed by atoms with Crippen molar-refractivity contribution in [3.05, 3.63) is 20.1 Å². The topological polar surface area (TPSA) is 126 Å². The van der Waals surface area contributed by atoms with Crippen molar-refractivity contribution >= 4 is 44.5 Å². The highest BCUT2D eigenvalue weighted by atomic mass is 127. The average Bonchev–Trinajstić information content (AvgIpc) is 2.61. The van der Waals surface area contributed by atoms with Crippen LogP contribution in [0.4, 0.5) is 5.95 Å². The molecule has 1 amide bonds. The number of sulfonamides is 1. The highest BCUT2D eigenvalue weighted by molar-refractivity contribution is 14.1. The highest BCUT2D eigenvalue weighted by Gasteiger charge is 2.34. The van der Waals surface area contributed by atoms with E-state index in [1.54, 1.807) is 0 Å². The summed E-state index contributed by atoms with van der Waals surface area (Å²) in [6.07, 6.45) is 1.43. The van der Waals surface area contributed by atoms with Crippen molar-refractivity contribution in [3.8, 4) is 0 Å². The molecule has 1 aliphatic rings. The van der Waals surface area contributed by atoms with E-state index in [9.17, 15) is 18.0 Å². The van der Waals surface area contributed by atoms with Crippen LogP contribution in [0.1, 0.15) is 6.42 Å². The number of hydrogen-bond acceptors (Lipinski definition) is 5. The van der Waals surface area contributed by atoms with Gasteiger partial charge in [0, 0.05) is 25.1 Å². The number of halogens is 1. The largest absolute Gasteiger partial charge is 0.291 e. The minimum absolute atomic E-state index is 0.0755. The number of carbonyl (C=O) groups is 1. The maximum Gasteiger partial charge on any atom is 0.265 e. The van der Waals surface area contributed by atoms with Crippen LogP contribution in [0, 0.1) is 9.49 Å². The Labute approximate surface area is 122 Å². The standard InChI is InChI=1S/C9H11IN4O4S/c10-6-2-12-9(13-8(6)16)14-3-5(1-7(14)15)4-19(11,17)18/h2,5H,1,3-4H2,(H2,11,17,18)(H,12,13,16). The molecular formula is C9H11IN4O4S. The summed E-state index contributed by atoms with van der Waals surface area (Å²) in [5.74, 6) is -0.790. The number of nitrogens with two attached hydrogens (primary N) is 1. The predicted molar refractivity (Wildman–Crippen MR) is 76.0 cm³/mol. The molecule has 1 aromatic heterocycles. The van der Waals surface area contributed by atoms with Gasteiger partial charge in [0.15, 0.2) is 0 Å². The number of nitrogens with one attached hydrogen (secondary N) is 1. The van der Waals surface area contributed by atoms with Gasteiger partial charge in [-0.25, -0.2) is 18.5 Å². The Bertz CT molecular complexity index is 671. The molecule has 1 atom stereocenters. The van der Waals surface area contributed by atoms with Crippen molar-refractivity contribution in [1.82, 2.24) is 9.97 Å². The lowest BCUT2D eigenvalue weighted by atomic mass is 10.1. The fraction of sp³-hybridized carbons (Fsp3) is 0.444.